The maximum Gasteiger partial charge on any atom is 0.0504 e. The van der Waals surface area contributed by atoms with Crippen molar-refractivity contribution in [1.29, 1.82) is 0 Å². The zero-order valence-electron chi connectivity index (χ0n) is 5.77. The van der Waals surface area contributed by atoms with Gasteiger partial charge in [-0.05, 0) is 24.7 Å². The Balaban J connectivity index is 2.12. The number of ether oxygens (including phenoxy) is 1. The minimum absolute atomic E-state index is 0.622. The van der Waals surface area contributed by atoms with Crippen molar-refractivity contribution in [1.82, 2.24) is 0 Å². The molecule has 0 aliphatic heterocycles. The van der Waals surface area contributed by atoms with E-state index >= 15 is 0 Å². The SMILES string of the molecule is COCC(CCl)C1CC1. The highest BCUT2D eigenvalue weighted by Crippen LogP contribution is 2.37. The third-order valence-electron chi connectivity index (χ3n) is 1.87. The van der Waals surface area contributed by atoms with Crippen LogP contribution in [0.2, 0.25) is 0 Å². The van der Waals surface area contributed by atoms with E-state index < -0.39 is 0 Å². The second-order valence-electron chi connectivity index (χ2n) is 2.71. The Labute approximate surface area is 61.3 Å². The minimum Gasteiger partial charge on any atom is -0.384 e. The first-order valence-corrected chi connectivity index (χ1v) is 3.97. The fourth-order valence-corrected chi connectivity index (χ4v) is 1.43. The lowest BCUT2D eigenvalue weighted by Gasteiger charge is -2.09. The van der Waals surface area contributed by atoms with Crippen LogP contribution in [0, 0.1) is 11.8 Å². The van der Waals surface area contributed by atoms with Gasteiger partial charge in [-0.2, -0.15) is 0 Å². The topological polar surface area (TPSA) is 9.23 Å². The lowest BCUT2D eigenvalue weighted by Crippen LogP contribution is -2.11. The molecular weight excluding hydrogens is 136 g/mol. The Bertz CT molecular complexity index is 81.0. The lowest BCUT2D eigenvalue weighted by molar-refractivity contribution is 0.152. The van der Waals surface area contributed by atoms with Crippen molar-refractivity contribution in [2.45, 2.75) is 12.8 Å². The monoisotopic (exact) mass is 148 g/mol. The number of hydrogen-bond acceptors (Lipinski definition) is 1. The summed E-state index contributed by atoms with van der Waals surface area (Å²) < 4.78 is 5.01. The van der Waals surface area contributed by atoms with Crippen LogP contribution in [0.15, 0.2) is 0 Å². The number of alkyl halides is 1. The molecular formula is C7H13ClO. The van der Waals surface area contributed by atoms with E-state index in [0.717, 1.165) is 18.4 Å². The summed E-state index contributed by atoms with van der Waals surface area (Å²) in [4.78, 5) is 0. The number of hydrogen-bond donors (Lipinski definition) is 0. The maximum absolute atomic E-state index is 5.70. The molecule has 1 nitrogen and oxygen atoms in total. The molecule has 1 atom stereocenters. The van der Waals surface area contributed by atoms with Crippen LogP contribution in [-0.2, 0) is 4.74 Å². The van der Waals surface area contributed by atoms with Gasteiger partial charge in [0, 0.05) is 13.0 Å². The Morgan fingerprint density at radius 1 is 1.67 bits per heavy atom. The van der Waals surface area contributed by atoms with Crippen molar-refractivity contribution in [2.24, 2.45) is 11.8 Å². The van der Waals surface area contributed by atoms with Crippen LogP contribution in [0.3, 0.4) is 0 Å². The minimum atomic E-state index is 0.622. The Hall–Kier alpha value is 0.250. The van der Waals surface area contributed by atoms with Crippen LogP contribution < -0.4 is 0 Å². The zero-order valence-corrected chi connectivity index (χ0v) is 6.53. The molecule has 0 spiro atoms. The first kappa shape index (κ1) is 7.36. The van der Waals surface area contributed by atoms with E-state index in [0.29, 0.717) is 5.92 Å². The van der Waals surface area contributed by atoms with Gasteiger partial charge in [0.15, 0.2) is 0 Å². The van der Waals surface area contributed by atoms with Gasteiger partial charge in [0.05, 0.1) is 6.61 Å². The lowest BCUT2D eigenvalue weighted by atomic mass is 10.1. The molecule has 0 saturated heterocycles. The molecule has 0 aromatic heterocycles. The molecule has 0 aromatic rings. The fourth-order valence-electron chi connectivity index (χ4n) is 1.09. The molecule has 0 radical (unpaired) electrons. The van der Waals surface area contributed by atoms with Gasteiger partial charge in [0.2, 0.25) is 0 Å². The Morgan fingerprint density at radius 2 is 2.33 bits per heavy atom. The van der Waals surface area contributed by atoms with Crippen LogP contribution in [0.1, 0.15) is 12.8 Å². The van der Waals surface area contributed by atoms with E-state index in [9.17, 15) is 0 Å². The average molecular weight is 149 g/mol. The van der Waals surface area contributed by atoms with Crippen molar-refractivity contribution in [3.63, 3.8) is 0 Å². The molecule has 1 rings (SSSR count). The summed E-state index contributed by atoms with van der Waals surface area (Å²) in [6.07, 6.45) is 2.72. The van der Waals surface area contributed by atoms with Crippen LogP contribution in [0.4, 0.5) is 0 Å². The number of halogens is 1. The first-order chi connectivity index (χ1) is 4.38. The molecule has 1 aliphatic rings. The van der Waals surface area contributed by atoms with Gasteiger partial charge in [0.1, 0.15) is 0 Å². The Morgan fingerprint density at radius 3 is 2.67 bits per heavy atom. The molecule has 0 amide bonds. The second-order valence-corrected chi connectivity index (χ2v) is 3.02. The van der Waals surface area contributed by atoms with Gasteiger partial charge < -0.3 is 4.74 Å². The molecule has 2 heteroatoms. The summed E-state index contributed by atoms with van der Waals surface area (Å²) >= 11 is 5.70. The summed E-state index contributed by atoms with van der Waals surface area (Å²) in [6, 6.07) is 0. The largest absolute Gasteiger partial charge is 0.384 e. The van der Waals surface area contributed by atoms with Gasteiger partial charge in [-0.1, -0.05) is 0 Å². The average Bonchev–Trinajstić information content (AvgIpc) is 2.64. The van der Waals surface area contributed by atoms with E-state index in [2.05, 4.69) is 0 Å². The standard InChI is InChI=1S/C7H13ClO/c1-9-5-7(4-8)6-2-3-6/h6-7H,2-5H2,1H3. The van der Waals surface area contributed by atoms with Crippen molar-refractivity contribution >= 4 is 11.6 Å². The highest BCUT2D eigenvalue weighted by Gasteiger charge is 2.30. The number of methoxy groups -OCH3 is 1. The molecule has 1 saturated carbocycles. The zero-order chi connectivity index (χ0) is 6.69. The summed E-state index contributed by atoms with van der Waals surface area (Å²) in [5.74, 6) is 2.26. The highest BCUT2D eigenvalue weighted by molar-refractivity contribution is 6.18. The summed E-state index contributed by atoms with van der Waals surface area (Å²) in [7, 11) is 1.74. The summed E-state index contributed by atoms with van der Waals surface area (Å²) in [5, 5.41) is 0. The van der Waals surface area contributed by atoms with Crippen molar-refractivity contribution in [2.75, 3.05) is 19.6 Å². The van der Waals surface area contributed by atoms with Crippen LogP contribution in [0.25, 0.3) is 0 Å². The normalized spacial score (nSPS) is 22.0. The van der Waals surface area contributed by atoms with Crippen molar-refractivity contribution in [3.8, 4) is 0 Å². The van der Waals surface area contributed by atoms with E-state index in [1.807, 2.05) is 0 Å². The van der Waals surface area contributed by atoms with Crippen molar-refractivity contribution < 1.29 is 4.74 Å². The molecule has 9 heavy (non-hydrogen) atoms. The summed E-state index contributed by atoms with van der Waals surface area (Å²) in [6.45, 7) is 0.841. The van der Waals surface area contributed by atoms with E-state index in [1.165, 1.54) is 12.8 Å². The van der Waals surface area contributed by atoms with Gasteiger partial charge in [-0.25, -0.2) is 0 Å². The van der Waals surface area contributed by atoms with Gasteiger partial charge in [-0.15, -0.1) is 11.6 Å². The molecule has 1 fully saturated rings. The molecule has 1 aliphatic carbocycles. The maximum atomic E-state index is 5.70. The molecule has 0 N–H and O–H groups in total. The van der Waals surface area contributed by atoms with E-state index in [1.54, 1.807) is 7.11 Å². The van der Waals surface area contributed by atoms with Crippen LogP contribution >= 0.6 is 11.6 Å². The van der Waals surface area contributed by atoms with Gasteiger partial charge in [-0.3, -0.25) is 0 Å². The molecule has 0 heterocycles. The third-order valence-corrected chi connectivity index (χ3v) is 2.26. The highest BCUT2D eigenvalue weighted by atomic mass is 35.5. The quantitative estimate of drug-likeness (QED) is 0.554. The molecule has 1 unspecified atom stereocenters. The number of rotatable bonds is 4. The predicted molar refractivity (Wildman–Crippen MR) is 38.8 cm³/mol. The van der Waals surface area contributed by atoms with Crippen molar-refractivity contribution in [3.05, 3.63) is 0 Å². The third kappa shape index (κ3) is 2.15. The van der Waals surface area contributed by atoms with E-state index in [-0.39, 0.29) is 0 Å². The Kier molecular flexibility index (Phi) is 2.80. The van der Waals surface area contributed by atoms with Gasteiger partial charge in [0.25, 0.3) is 0 Å². The van der Waals surface area contributed by atoms with Gasteiger partial charge >= 0.3 is 0 Å². The molecule has 0 aromatic carbocycles. The van der Waals surface area contributed by atoms with Crippen LogP contribution in [0.5, 0.6) is 0 Å². The first-order valence-electron chi connectivity index (χ1n) is 3.43. The smallest absolute Gasteiger partial charge is 0.0504 e. The molecule has 0 bridgehead atoms. The second kappa shape index (κ2) is 3.43. The summed E-state index contributed by atoms with van der Waals surface area (Å²) in [5.41, 5.74) is 0. The fraction of sp³-hybridized carbons (Fsp3) is 1.00. The predicted octanol–water partition coefficient (Wildman–Crippen LogP) is 1.90. The van der Waals surface area contributed by atoms with Crippen LogP contribution in [-0.4, -0.2) is 19.6 Å². The van der Waals surface area contributed by atoms with E-state index in [4.69, 9.17) is 16.3 Å². The molecule has 54 valence electrons.